The van der Waals surface area contributed by atoms with Crippen LogP contribution in [0.1, 0.15) is 33.6 Å². The molecule has 0 spiro atoms. The van der Waals surface area contributed by atoms with Crippen molar-refractivity contribution < 1.29 is 14.3 Å². The van der Waals surface area contributed by atoms with Crippen LogP contribution in [0.4, 0.5) is 0 Å². The summed E-state index contributed by atoms with van der Waals surface area (Å²) in [6.07, 6.45) is 3.84. The minimum Gasteiger partial charge on any atom is -0.456 e. The number of rotatable bonds is 3. The van der Waals surface area contributed by atoms with Crippen LogP contribution in [0.3, 0.4) is 0 Å². The number of carbonyl (C=O) groups excluding carboxylic acids is 2. The van der Waals surface area contributed by atoms with Crippen molar-refractivity contribution in [3.8, 4) is 0 Å². The number of ketones is 1. The van der Waals surface area contributed by atoms with Crippen molar-refractivity contribution in [1.29, 1.82) is 0 Å². The zero-order chi connectivity index (χ0) is 12.3. The van der Waals surface area contributed by atoms with Crippen molar-refractivity contribution in [3.05, 3.63) is 24.3 Å². The lowest BCUT2D eigenvalue weighted by Gasteiger charge is -2.34. The smallest absolute Gasteiger partial charge is 0.306 e. The molecule has 0 fully saturated rings. The fraction of sp³-hybridized carbons (Fsp3) is 0.538. The normalized spacial score (nSPS) is 23.3. The van der Waals surface area contributed by atoms with Crippen LogP contribution in [0.25, 0.3) is 0 Å². The zero-order valence-corrected chi connectivity index (χ0v) is 10.1. The Bertz CT molecular complexity index is 350. The van der Waals surface area contributed by atoms with Crippen LogP contribution in [0.2, 0.25) is 0 Å². The molecule has 0 heterocycles. The molecule has 1 atom stereocenters. The lowest BCUT2D eigenvalue weighted by molar-refractivity contribution is -0.151. The van der Waals surface area contributed by atoms with Crippen molar-refractivity contribution in [2.45, 2.75) is 39.7 Å². The van der Waals surface area contributed by atoms with E-state index in [1.807, 2.05) is 20.8 Å². The maximum Gasteiger partial charge on any atom is 0.306 e. The largest absolute Gasteiger partial charge is 0.456 e. The van der Waals surface area contributed by atoms with Crippen molar-refractivity contribution in [2.75, 3.05) is 0 Å². The van der Waals surface area contributed by atoms with E-state index in [2.05, 4.69) is 6.58 Å². The summed E-state index contributed by atoms with van der Waals surface area (Å²) in [6.45, 7) is 9.46. The molecule has 1 aliphatic carbocycles. The lowest BCUT2D eigenvalue weighted by Crippen LogP contribution is -2.38. The summed E-state index contributed by atoms with van der Waals surface area (Å²) >= 11 is 0. The highest BCUT2D eigenvalue weighted by atomic mass is 16.5. The number of ether oxygens (including phenoxy) is 1. The van der Waals surface area contributed by atoms with E-state index < -0.39 is 6.10 Å². The Morgan fingerprint density at radius 3 is 2.75 bits per heavy atom. The Morgan fingerprint density at radius 1 is 1.56 bits per heavy atom. The Hall–Kier alpha value is -1.38. The van der Waals surface area contributed by atoms with E-state index in [1.165, 1.54) is 6.08 Å². The van der Waals surface area contributed by atoms with Gasteiger partial charge in [-0.15, -0.1) is 0 Å². The standard InChI is InChI=1S/C13H18O3/c1-5-6-11(15)16-12-9(2)10(14)7-8-13(12,3)4/h7-8,12H,2,5-6H2,1,3-4H3. The van der Waals surface area contributed by atoms with Gasteiger partial charge in [0, 0.05) is 17.4 Å². The summed E-state index contributed by atoms with van der Waals surface area (Å²) in [5.74, 6) is -0.432. The summed E-state index contributed by atoms with van der Waals surface area (Å²) in [5, 5.41) is 0. The quantitative estimate of drug-likeness (QED) is 0.544. The molecule has 0 aliphatic heterocycles. The van der Waals surface area contributed by atoms with Crippen molar-refractivity contribution >= 4 is 11.8 Å². The first-order valence-electron chi connectivity index (χ1n) is 5.50. The van der Waals surface area contributed by atoms with Gasteiger partial charge in [-0.2, -0.15) is 0 Å². The molecular weight excluding hydrogens is 204 g/mol. The molecule has 1 unspecified atom stereocenters. The Morgan fingerprint density at radius 2 is 2.19 bits per heavy atom. The van der Waals surface area contributed by atoms with Gasteiger partial charge in [-0.25, -0.2) is 0 Å². The molecule has 0 aromatic carbocycles. The minimum atomic E-state index is -0.538. The molecule has 3 heteroatoms. The van der Waals surface area contributed by atoms with Gasteiger partial charge in [-0.1, -0.05) is 33.4 Å². The van der Waals surface area contributed by atoms with E-state index in [0.717, 1.165) is 6.42 Å². The monoisotopic (exact) mass is 222 g/mol. The molecule has 1 rings (SSSR count). The highest BCUT2D eigenvalue weighted by molar-refractivity contribution is 6.05. The second-order valence-electron chi connectivity index (χ2n) is 4.66. The van der Waals surface area contributed by atoms with Gasteiger partial charge in [0.15, 0.2) is 5.78 Å². The van der Waals surface area contributed by atoms with E-state index in [1.54, 1.807) is 6.08 Å². The van der Waals surface area contributed by atoms with Gasteiger partial charge < -0.3 is 4.74 Å². The van der Waals surface area contributed by atoms with Gasteiger partial charge in [-0.3, -0.25) is 9.59 Å². The summed E-state index contributed by atoms with van der Waals surface area (Å²) in [7, 11) is 0. The molecule has 0 saturated heterocycles. The highest BCUT2D eigenvalue weighted by Gasteiger charge is 2.37. The van der Waals surface area contributed by atoms with Crippen LogP contribution in [0.15, 0.2) is 24.3 Å². The molecule has 3 nitrogen and oxygen atoms in total. The second-order valence-corrected chi connectivity index (χ2v) is 4.66. The maximum absolute atomic E-state index is 11.5. The van der Waals surface area contributed by atoms with E-state index >= 15 is 0 Å². The third kappa shape index (κ3) is 2.60. The summed E-state index contributed by atoms with van der Waals surface area (Å²) in [4.78, 5) is 22.9. The van der Waals surface area contributed by atoms with Gasteiger partial charge in [0.25, 0.3) is 0 Å². The van der Waals surface area contributed by atoms with Crippen LogP contribution in [0, 0.1) is 5.41 Å². The van der Waals surface area contributed by atoms with Gasteiger partial charge in [0.2, 0.25) is 0 Å². The van der Waals surface area contributed by atoms with E-state index in [4.69, 9.17) is 4.74 Å². The zero-order valence-electron chi connectivity index (χ0n) is 10.1. The van der Waals surface area contributed by atoms with Crippen LogP contribution >= 0.6 is 0 Å². The second kappa shape index (κ2) is 4.64. The predicted molar refractivity (Wildman–Crippen MR) is 61.9 cm³/mol. The van der Waals surface area contributed by atoms with Crippen molar-refractivity contribution in [1.82, 2.24) is 0 Å². The Balaban J connectivity index is 2.84. The lowest BCUT2D eigenvalue weighted by atomic mass is 9.77. The minimum absolute atomic E-state index is 0.159. The fourth-order valence-electron chi connectivity index (χ4n) is 1.68. The Labute approximate surface area is 96.2 Å². The average molecular weight is 222 g/mol. The number of allylic oxidation sites excluding steroid dienone is 1. The third-order valence-corrected chi connectivity index (χ3v) is 2.68. The number of carbonyl (C=O) groups is 2. The van der Waals surface area contributed by atoms with Gasteiger partial charge >= 0.3 is 5.97 Å². The number of hydrogen-bond donors (Lipinski definition) is 0. The van der Waals surface area contributed by atoms with Crippen LogP contribution in [-0.4, -0.2) is 17.9 Å². The third-order valence-electron chi connectivity index (χ3n) is 2.68. The topological polar surface area (TPSA) is 43.4 Å². The molecule has 1 aliphatic rings. The first kappa shape index (κ1) is 12.7. The predicted octanol–water partition coefficient (Wildman–Crippen LogP) is 2.42. The summed E-state index contributed by atoms with van der Waals surface area (Å²) < 4.78 is 5.32. The SMILES string of the molecule is C=C1C(=O)C=CC(C)(C)C1OC(=O)CCC. The first-order chi connectivity index (χ1) is 7.38. The molecule has 16 heavy (non-hydrogen) atoms. The number of esters is 1. The molecule has 0 aromatic rings. The molecule has 0 saturated carbocycles. The molecular formula is C13H18O3. The van der Waals surface area contributed by atoms with Gasteiger partial charge in [-0.05, 0) is 12.5 Å². The molecule has 0 radical (unpaired) electrons. The maximum atomic E-state index is 11.5. The van der Waals surface area contributed by atoms with Crippen LogP contribution in [0.5, 0.6) is 0 Å². The van der Waals surface area contributed by atoms with Gasteiger partial charge in [0.05, 0.1) is 0 Å². The fourth-order valence-corrected chi connectivity index (χ4v) is 1.68. The molecule has 0 bridgehead atoms. The van der Waals surface area contributed by atoms with E-state index in [9.17, 15) is 9.59 Å². The van der Waals surface area contributed by atoms with E-state index in [-0.39, 0.29) is 17.2 Å². The van der Waals surface area contributed by atoms with Crippen molar-refractivity contribution in [2.24, 2.45) is 5.41 Å². The number of hydrogen-bond acceptors (Lipinski definition) is 3. The van der Waals surface area contributed by atoms with Gasteiger partial charge in [0.1, 0.15) is 6.10 Å². The summed E-state index contributed by atoms with van der Waals surface area (Å²) in [6, 6.07) is 0. The summed E-state index contributed by atoms with van der Waals surface area (Å²) in [5.41, 5.74) is -0.00838. The van der Waals surface area contributed by atoms with Crippen molar-refractivity contribution in [3.63, 3.8) is 0 Å². The van der Waals surface area contributed by atoms with Crippen LogP contribution in [-0.2, 0) is 14.3 Å². The molecule has 0 N–H and O–H groups in total. The first-order valence-corrected chi connectivity index (χ1v) is 5.50. The Kier molecular flexibility index (Phi) is 3.68. The van der Waals surface area contributed by atoms with E-state index in [0.29, 0.717) is 12.0 Å². The van der Waals surface area contributed by atoms with Crippen LogP contribution < -0.4 is 0 Å². The molecule has 0 aromatic heterocycles. The average Bonchev–Trinajstić information content (AvgIpc) is 2.20. The highest BCUT2D eigenvalue weighted by Crippen LogP contribution is 2.34. The molecule has 0 amide bonds. The molecule has 88 valence electrons.